The van der Waals surface area contributed by atoms with Crippen LogP contribution in [0.5, 0.6) is 0 Å². The Kier molecular flexibility index (Phi) is 3.53. The molecule has 1 aliphatic heterocycles. The van der Waals surface area contributed by atoms with Gasteiger partial charge in [0.2, 0.25) is 0 Å². The zero-order chi connectivity index (χ0) is 15.3. The van der Waals surface area contributed by atoms with Gasteiger partial charge in [-0.25, -0.2) is 0 Å². The zero-order valence-electron chi connectivity index (χ0n) is 12.4. The number of benzene rings is 2. The molecule has 0 amide bonds. The van der Waals surface area contributed by atoms with Crippen molar-refractivity contribution in [3.63, 3.8) is 0 Å². The molecule has 0 bridgehead atoms. The Labute approximate surface area is 141 Å². The van der Waals surface area contributed by atoms with E-state index in [-0.39, 0.29) is 0 Å². The maximum Gasteiger partial charge on any atom is 0.0409 e. The molecule has 4 rings (SSSR count). The van der Waals surface area contributed by atoms with Crippen LogP contribution in [0.25, 0.3) is 5.57 Å². The number of fused-ring (bicyclic) bond motifs is 2. The van der Waals surface area contributed by atoms with Gasteiger partial charge in [-0.15, -0.1) is 0 Å². The fourth-order valence-electron chi connectivity index (χ4n) is 3.77. The molecule has 0 fully saturated rings. The number of hydrogen-bond acceptors (Lipinski definition) is 1. The van der Waals surface area contributed by atoms with Crippen molar-refractivity contribution in [2.75, 3.05) is 20.1 Å². The van der Waals surface area contributed by atoms with Gasteiger partial charge in [0.1, 0.15) is 0 Å². The van der Waals surface area contributed by atoms with E-state index in [0.717, 1.165) is 29.6 Å². The first-order valence-electron chi connectivity index (χ1n) is 7.59. The summed E-state index contributed by atoms with van der Waals surface area (Å²) in [4.78, 5) is 2.40. The first-order chi connectivity index (χ1) is 10.6. The van der Waals surface area contributed by atoms with Crippen molar-refractivity contribution in [2.45, 2.75) is 12.3 Å². The van der Waals surface area contributed by atoms with E-state index in [1.54, 1.807) is 0 Å². The molecular formula is C19H17Cl2N. The van der Waals surface area contributed by atoms with Crippen LogP contribution in [-0.2, 0) is 0 Å². The molecule has 112 valence electrons. The zero-order valence-corrected chi connectivity index (χ0v) is 14.0. The molecule has 0 aromatic heterocycles. The summed E-state index contributed by atoms with van der Waals surface area (Å²) in [5.74, 6) is 0.309. The van der Waals surface area contributed by atoms with Crippen molar-refractivity contribution in [1.29, 1.82) is 0 Å². The van der Waals surface area contributed by atoms with Gasteiger partial charge in [0, 0.05) is 29.1 Å². The molecule has 1 heterocycles. The molecule has 2 aromatic rings. The van der Waals surface area contributed by atoms with Crippen LogP contribution < -0.4 is 0 Å². The summed E-state index contributed by atoms with van der Waals surface area (Å²) in [6.07, 6.45) is 1.12. The standard InChI is InChI=1S/C19H17Cl2N/c1-22-9-8-16-15-7-6-14(21)10-17(15)19(18(16)11-22)12-2-4-13(20)5-3-12/h2-7,10,19H,8-9,11H2,1H3. The van der Waals surface area contributed by atoms with Gasteiger partial charge < -0.3 is 4.90 Å². The van der Waals surface area contributed by atoms with Gasteiger partial charge in [-0.2, -0.15) is 0 Å². The van der Waals surface area contributed by atoms with E-state index in [0.29, 0.717) is 5.92 Å². The van der Waals surface area contributed by atoms with E-state index in [4.69, 9.17) is 23.2 Å². The van der Waals surface area contributed by atoms with Crippen LogP contribution in [0.2, 0.25) is 10.0 Å². The summed E-state index contributed by atoms with van der Waals surface area (Å²) in [6.45, 7) is 2.14. The third-order valence-electron chi connectivity index (χ3n) is 4.77. The lowest BCUT2D eigenvalue weighted by Crippen LogP contribution is -2.27. The Bertz CT molecular complexity index is 762. The smallest absolute Gasteiger partial charge is 0.0409 e. The van der Waals surface area contributed by atoms with Gasteiger partial charge in [0.05, 0.1) is 0 Å². The van der Waals surface area contributed by atoms with Crippen molar-refractivity contribution in [2.24, 2.45) is 0 Å². The Morgan fingerprint density at radius 2 is 1.73 bits per heavy atom. The van der Waals surface area contributed by atoms with Crippen LogP contribution in [0.3, 0.4) is 0 Å². The highest BCUT2D eigenvalue weighted by molar-refractivity contribution is 6.31. The highest BCUT2D eigenvalue weighted by atomic mass is 35.5. The van der Waals surface area contributed by atoms with E-state index >= 15 is 0 Å². The molecule has 0 radical (unpaired) electrons. The quantitative estimate of drug-likeness (QED) is 0.692. The van der Waals surface area contributed by atoms with Crippen molar-refractivity contribution in [1.82, 2.24) is 4.90 Å². The van der Waals surface area contributed by atoms with Gasteiger partial charge in [-0.3, -0.25) is 0 Å². The Hall–Kier alpha value is -1.28. The monoisotopic (exact) mass is 329 g/mol. The minimum absolute atomic E-state index is 0.309. The minimum atomic E-state index is 0.309. The van der Waals surface area contributed by atoms with Crippen LogP contribution in [0.4, 0.5) is 0 Å². The molecular weight excluding hydrogens is 313 g/mol. The first kappa shape index (κ1) is 14.3. The lowest BCUT2D eigenvalue weighted by Gasteiger charge is -2.27. The van der Waals surface area contributed by atoms with Crippen LogP contribution in [-0.4, -0.2) is 25.0 Å². The molecule has 0 saturated carbocycles. The van der Waals surface area contributed by atoms with Gasteiger partial charge in [0.15, 0.2) is 0 Å². The maximum absolute atomic E-state index is 6.28. The predicted octanol–water partition coefficient (Wildman–Crippen LogP) is 5.23. The summed E-state index contributed by atoms with van der Waals surface area (Å²) >= 11 is 12.3. The van der Waals surface area contributed by atoms with E-state index in [9.17, 15) is 0 Å². The molecule has 2 aliphatic rings. The third kappa shape index (κ3) is 2.28. The second-order valence-corrected chi connectivity index (χ2v) is 7.08. The fourth-order valence-corrected chi connectivity index (χ4v) is 4.08. The van der Waals surface area contributed by atoms with Crippen LogP contribution in [0.1, 0.15) is 29.0 Å². The van der Waals surface area contributed by atoms with E-state index in [1.165, 1.54) is 27.8 Å². The van der Waals surface area contributed by atoms with Gasteiger partial charge in [0.25, 0.3) is 0 Å². The molecule has 2 aromatic carbocycles. The second kappa shape index (κ2) is 5.42. The third-order valence-corrected chi connectivity index (χ3v) is 5.26. The van der Waals surface area contributed by atoms with Gasteiger partial charge >= 0.3 is 0 Å². The second-order valence-electron chi connectivity index (χ2n) is 6.21. The molecule has 3 heteroatoms. The molecule has 1 unspecified atom stereocenters. The molecule has 0 N–H and O–H groups in total. The van der Waals surface area contributed by atoms with Crippen molar-refractivity contribution in [3.05, 3.63) is 74.8 Å². The van der Waals surface area contributed by atoms with Crippen molar-refractivity contribution >= 4 is 28.8 Å². The average molecular weight is 330 g/mol. The van der Waals surface area contributed by atoms with Crippen LogP contribution in [0, 0.1) is 0 Å². The molecule has 22 heavy (non-hydrogen) atoms. The Morgan fingerprint density at radius 3 is 2.50 bits per heavy atom. The largest absolute Gasteiger partial charge is 0.302 e. The normalized spacial score (nSPS) is 21.0. The topological polar surface area (TPSA) is 3.24 Å². The predicted molar refractivity (Wildman–Crippen MR) is 93.8 cm³/mol. The number of halogens is 2. The van der Waals surface area contributed by atoms with Crippen molar-refractivity contribution in [3.8, 4) is 0 Å². The fraction of sp³-hybridized carbons (Fsp3) is 0.263. The lowest BCUT2D eigenvalue weighted by molar-refractivity contribution is 0.356. The number of rotatable bonds is 1. The molecule has 1 nitrogen and oxygen atoms in total. The minimum Gasteiger partial charge on any atom is -0.302 e. The molecule has 1 atom stereocenters. The van der Waals surface area contributed by atoms with Crippen LogP contribution in [0.15, 0.2) is 48.0 Å². The summed E-state index contributed by atoms with van der Waals surface area (Å²) in [7, 11) is 2.19. The van der Waals surface area contributed by atoms with E-state index in [1.807, 2.05) is 18.2 Å². The molecule has 0 saturated heterocycles. The summed E-state index contributed by atoms with van der Waals surface area (Å²) in [5, 5.41) is 1.59. The number of hydrogen-bond donors (Lipinski definition) is 0. The van der Waals surface area contributed by atoms with Gasteiger partial charge in [-0.1, -0.05) is 41.4 Å². The molecule has 1 aliphatic carbocycles. The Morgan fingerprint density at radius 1 is 1.00 bits per heavy atom. The number of nitrogens with zero attached hydrogens (tertiary/aromatic N) is 1. The van der Waals surface area contributed by atoms with E-state index < -0.39 is 0 Å². The maximum atomic E-state index is 6.28. The van der Waals surface area contributed by atoms with E-state index in [2.05, 4.69) is 36.2 Å². The number of likely N-dealkylation sites (N-methyl/N-ethyl adjacent to an activating group) is 1. The average Bonchev–Trinajstić information content (AvgIpc) is 2.80. The first-order valence-corrected chi connectivity index (χ1v) is 8.35. The van der Waals surface area contributed by atoms with Crippen LogP contribution >= 0.6 is 23.2 Å². The van der Waals surface area contributed by atoms with Gasteiger partial charge in [-0.05, 0) is 65.6 Å². The Balaban J connectivity index is 1.90. The van der Waals surface area contributed by atoms with Crippen molar-refractivity contribution < 1.29 is 0 Å². The summed E-state index contributed by atoms with van der Waals surface area (Å²) < 4.78 is 0. The molecule has 0 spiro atoms. The highest BCUT2D eigenvalue weighted by Crippen LogP contribution is 2.49. The summed E-state index contributed by atoms with van der Waals surface area (Å²) in [6, 6.07) is 14.6. The summed E-state index contributed by atoms with van der Waals surface area (Å²) in [5.41, 5.74) is 7.06. The highest BCUT2D eigenvalue weighted by Gasteiger charge is 2.34. The SMILES string of the molecule is CN1CCC2=C(C1)C(c1ccc(Cl)cc1)c1cc(Cl)ccc12. The lowest BCUT2D eigenvalue weighted by atomic mass is 9.87.